The number of nitrogens with one attached hydrogen (secondary N) is 1. The molecule has 3 saturated heterocycles. The van der Waals surface area contributed by atoms with Crippen LogP contribution in [0.1, 0.15) is 19.3 Å². The van der Waals surface area contributed by atoms with E-state index in [0.717, 1.165) is 36.1 Å². The fourth-order valence-corrected chi connectivity index (χ4v) is 4.61. The average Bonchev–Trinajstić information content (AvgIpc) is 3.11. The third-order valence-electron chi connectivity index (χ3n) is 5.49. The predicted octanol–water partition coefficient (Wildman–Crippen LogP) is 2.60. The van der Waals surface area contributed by atoms with Gasteiger partial charge < -0.3 is 10.2 Å². The highest BCUT2D eigenvalue weighted by molar-refractivity contribution is 6.33. The van der Waals surface area contributed by atoms with Crippen LogP contribution >= 0.6 is 11.6 Å². The van der Waals surface area contributed by atoms with Crippen LogP contribution in [0.2, 0.25) is 5.02 Å². The Labute approximate surface area is 132 Å². The number of hydrogen-bond acceptors (Lipinski definition) is 3. The Morgan fingerprint density at radius 1 is 1.10 bits per heavy atom. The molecule has 0 saturated carbocycles. The van der Waals surface area contributed by atoms with Crippen molar-refractivity contribution in [3.8, 4) is 0 Å². The molecule has 0 radical (unpaired) electrons. The lowest BCUT2D eigenvalue weighted by Gasteiger charge is -2.38. The minimum atomic E-state index is 0.802. The van der Waals surface area contributed by atoms with Gasteiger partial charge in [-0.1, -0.05) is 23.7 Å². The van der Waals surface area contributed by atoms with Gasteiger partial charge in [0.2, 0.25) is 0 Å². The Morgan fingerprint density at radius 3 is 2.57 bits per heavy atom. The molecule has 3 heterocycles. The zero-order chi connectivity index (χ0) is 14.2. The van der Waals surface area contributed by atoms with Crippen molar-refractivity contribution in [3.63, 3.8) is 0 Å². The predicted molar refractivity (Wildman–Crippen MR) is 88.2 cm³/mol. The third-order valence-corrected chi connectivity index (χ3v) is 5.81. The summed E-state index contributed by atoms with van der Waals surface area (Å²) in [6, 6.07) is 9.84. The first kappa shape index (κ1) is 13.9. The van der Waals surface area contributed by atoms with Gasteiger partial charge in [-0.3, -0.25) is 4.90 Å². The fraction of sp³-hybridized carbons (Fsp3) is 0.647. The smallest absolute Gasteiger partial charge is 0.0639 e. The highest BCUT2D eigenvalue weighted by Crippen LogP contribution is 2.34. The molecule has 3 nitrogen and oxygen atoms in total. The number of halogens is 1. The van der Waals surface area contributed by atoms with Crippen LogP contribution in [0.25, 0.3) is 0 Å². The molecular formula is C17H24ClN3. The van der Waals surface area contributed by atoms with Gasteiger partial charge in [-0.15, -0.1) is 0 Å². The molecule has 4 heteroatoms. The van der Waals surface area contributed by atoms with Gasteiger partial charge in [-0.2, -0.15) is 0 Å². The Hall–Kier alpha value is -0.770. The molecule has 3 unspecified atom stereocenters. The van der Waals surface area contributed by atoms with Crippen molar-refractivity contribution >= 4 is 17.3 Å². The van der Waals surface area contributed by atoms with Crippen molar-refractivity contribution in [1.82, 2.24) is 10.2 Å². The Balaban J connectivity index is 1.32. The molecule has 21 heavy (non-hydrogen) atoms. The van der Waals surface area contributed by atoms with Crippen molar-refractivity contribution in [2.24, 2.45) is 5.92 Å². The van der Waals surface area contributed by atoms with E-state index in [4.69, 9.17) is 11.6 Å². The number of rotatable bonds is 3. The van der Waals surface area contributed by atoms with Crippen LogP contribution in [0.4, 0.5) is 5.69 Å². The standard InChI is InChI=1S/C17H24ClN3/c18-15-3-1-2-4-17(15)21-9-7-20(8-10-21)12-13-11-14-5-6-16(13)19-14/h1-4,13-14,16,19H,5-12H2. The van der Waals surface area contributed by atoms with Crippen LogP contribution in [-0.2, 0) is 0 Å². The summed E-state index contributed by atoms with van der Waals surface area (Å²) in [7, 11) is 0. The quantitative estimate of drug-likeness (QED) is 0.926. The first-order chi connectivity index (χ1) is 10.3. The molecule has 1 aromatic carbocycles. The van der Waals surface area contributed by atoms with Crippen LogP contribution in [0.3, 0.4) is 0 Å². The van der Waals surface area contributed by atoms with Crippen LogP contribution in [0.5, 0.6) is 0 Å². The van der Waals surface area contributed by atoms with Crippen LogP contribution in [0.15, 0.2) is 24.3 Å². The summed E-state index contributed by atoms with van der Waals surface area (Å²) in [4.78, 5) is 5.08. The minimum Gasteiger partial charge on any atom is -0.368 e. The van der Waals surface area contributed by atoms with E-state index in [9.17, 15) is 0 Å². The summed E-state index contributed by atoms with van der Waals surface area (Å²) in [5.41, 5.74) is 1.19. The first-order valence-corrected chi connectivity index (χ1v) is 8.65. The minimum absolute atomic E-state index is 0.802. The van der Waals surface area contributed by atoms with E-state index < -0.39 is 0 Å². The SMILES string of the molecule is Clc1ccccc1N1CCN(CC2CC3CCC2N3)CC1. The molecule has 114 valence electrons. The molecule has 0 amide bonds. The lowest BCUT2D eigenvalue weighted by molar-refractivity contribution is 0.201. The number of piperazine rings is 1. The van der Waals surface area contributed by atoms with Gasteiger partial charge in [0.1, 0.15) is 0 Å². The molecule has 3 aliphatic rings. The molecular weight excluding hydrogens is 282 g/mol. The molecule has 1 aromatic rings. The molecule has 1 N–H and O–H groups in total. The molecule has 4 rings (SSSR count). The van der Waals surface area contributed by atoms with Crippen LogP contribution in [0, 0.1) is 5.92 Å². The normalized spacial score (nSPS) is 32.8. The number of fused-ring (bicyclic) bond motifs is 2. The molecule has 0 spiro atoms. The van der Waals surface area contributed by atoms with E-state index in [2.05, 4.69) is 27.2 Å². The number of anilines is 1. The average molecular weight is 306 g/mol. The van der Waals surface area contributed by atoms with E-state index in [1.54, 1.807) is 0 Å². The number of nitrogens with zero attached hydrogens (tertiary/aromatic N) is 2. The maximum atomic E-state index is 6.31. The fourth-order valence-electron chi connectivity index (χ4n) is 4.35. The molecule has 3 fully saturated rings. The van der Waals surface area contributed by atoms with E-state index >= 15 is 0 Å². The highest BCUT2D eigenvalue weighted by Gasteiger charge is 2.39. The molecule has 3 aliphatic heterocycles. The number of hydrogen-bond donors (Lipinski definition) is 1. The largest absolute Gasteiger partial charge is 0.368 e. The van der Waals surface area contributed by atoms with Gasteiger partial charge in [0.15, 0.2) is 0 Å². The third kappa shape index (κ3) is 2.79. The zero-order valence-electron chi connectivity index (χ0n) is 12.5. The topological polar surface area (TPSA) is 18.5 Å². The second-order valence-electron chi connectivity index (χ2n) is 6.78. The van der Waals surface area contributed by atoms with Crippen molar-refractivity contribution in [3.05, 3.63) is 29.3 Å². The summed E-state index contributed by atoms with van der Waals surface area (Å²) >= 11 is 6.31. The van der Waals surface area contributed by atoms with Gasteiger partial charge in [-0.05, 0) is 37.3 Å². The van der Waals surface area contributed by atoms with E-state index in [-0.39, 0.29) is 0 Å². The van der Waals surface area contributed by atoms with Crippen molar-refractivity contribution in [2.75, 3.05) is 37.6 Å². The van der Waals surface area contributed by atoms with Gasteiger partial charge in [0.05, 0.1) is 10.7 Å². The summed E-state index contributed by atoms with van der Waals surface area (Å²) in [5.74, 6) is 0.885. The zero-order valence-corrected chi connectivity index (χ0v) is 13.2. The van der Waals surface area contributed by atoms with Crippen molar-refractivity contribution < 1.29 is 0 Å². The summed E-state index contributed by atoms with van der Waals surface area (Å²) in [5, 5.41) is 4.63. The lowest BCUT2D eigenvalue weighted by atomic mass is 9.88. The summed E-state index contributed by atoms with van der Waals surface area (Å²) in [6.07, 6.45) is 4.20. The summed E-state index contributed by atoms with van der Waals surface area (Å²) < 4.78 is 0. The van der Waals surface area contributed by atoms with E-state index in [1.807, 2.05) is 12.1 Å². The monoisotopic (exact) mass is 305 g/mol. The van der Waals surface area contributed by atoms with Gasteiger partial charge in [0, 0.05) is 44.8 Å². The maximum absolute atomic E-state index is 6.31. The van der Waals surface area contributed by atoms with Gasteiger partial charge in [-0.25, -0.2) is 0 Å². The van der Waals surface area contributed by atoms with Crippen molar-refractivity contribution in [1.29, 1.82) is 0 Å². The second-order valence-corrected chi connectivity index (χ2v) is 7.19. The molecule has 3 atom stereocenters. The van der Waals surface area contributed by atoms with Crippen LogP contribution < -0.4 is 10.2 Å². The Bertz CT molecular complexity index is 499. The van der Waals surface area contributed by atoms with E-state index in [0.29, 0.717) is 0 Å². The Kier molecular flexibility index (Phi) is 3.82. The van der Waals surface area contributed by atoms with Crippen molar-refractivity contribution in [2.45, 2.75) is 31.3 Å². The summed E-state index contributed by atoms with van der Waals surface area (Å²) in [6.45, 7) is 5.80. The number of para-hydroxylation sites is 1. The Morgan fingerprint density at radius 2 is 1.90 bits per heavy atom. The second kappa shape index (κ2) is 5.79. The van der Waals surface area contributed by atoms with Crippen LogP contribution in [-0.4, -0.2) is 49.7 Å². The van der Waals surface area contributed by atoms with Gasteiger partial charge in [0.25, 0.3) is 0 Å². The lowest BCUT2D eigenvalue weighted by Crippen LogP contribution is -2.48. The first-order valence-electron chi connectivity index (χ1n) is 8.27. The van der Waals surface area contributed by atoms with E-state index in [1.165, 1.54) is 44.6 Å². The molecule has 0 aliphatic carbocycles. The number of benzene rings is 1. The maximum Gasteiger partial charge on any atom is 0.0639 e. The molecule has 2 bridgehead atoms. The highest BCUT2D eigenvalue weighted by atomic mass is 35.5. The van der Waals surface area contributed by atoms with Gasteiger partial charge >= 0.3 is 0 Å². The molecule has 0 aromatic heterocycles.